The fourth-order valence-corrected chi connectivity index (χ4v) is 2.66. The lowest BCUT2D eigenvalue weighted by molar-refractivity contribution is 1.16. The Hall–Kier alpha value is -0.760. The summed E-state index contributed by atoms with van der Waals surface area (Å²) in [6, 6.07) is 7.75. The fraction of sp³-hybridized carbons (Fsp3) is 0.0909. The smallest absolute Gasteiger partial charge is 0.116 e. The molecule has 2 rings (SSSR count). The van der Waals surface area contributed by atoms with Crippen LogP contribution < -0.4 is 0 Å². The predicted molar refractivity (Wildman–Crippen MR) is 70.9 cm³/mol. The number of rotatable bonds is 1. The molecule has 2 aromatic rings. The Morgan fingerprint density at radius 2 is 2.25 bits per heavy atom. The van der Waals surface area contributed by atoms with E-state index >= 15 is 0 Å². The molecule has 0 bridgehead atoms. The summed E-state index contributed by atoms with van der Waals surface area (Å²) in [6.07, 6.45) is 1.88. The van der Waals surface area contributed by atoms with Crippen LogP contribution in [-0.2, 0) is 0 Å². The number of fused-ring (bicyclic) bond motifs is 1. The molecule has 1 heterocycles. The molecule has 0 radical (unpaired) electrons. The summed E-state index contributed by atoms with van der Waals surface area (Å²) in [5.41, 5.74) is 1.25. The van der Waals surface area contributed by atoms with Gasteiger partial charge in [-0.1, -0.05) is 27.5 Å². The van der Waals surface area contributed by atoms with E-state index in [-0.39, 0.29) is 0 Å². The van der Waals surface area contributed by atoms with E-state index in [0.29, 0.717) is 15.6 Å². The lowest BCUT2D eigenvalue weighted by Crippen LogP contribution is -1.90. The largest absolute Gasteiger partial charge is 0.240 e. The van der Waals surface area contributed by atoms with E-state index in [9.17, 15) is 0 Å². The summed E-state index contributed by atoms with van der Waals surface area (Å²) in [4.78, 5) is 4.40. The van der Waals surface area contributed by atoms with Crippen LogP contribution >= 0.6 is 39.3 Å². The molecular weight excluding hydrogens is 308 g/mol. The van der Waals surface area contributed by atoms with Crippen molar-refractivity contribution in [1.82, 2.24) is 4.98 Å². The van der Waals surface area contributed by atoms with Gasteiger partial charge in [0, 0.05) is 9.86 Å². The average Bonchev–Trinajstić information content (AvgIpc) is 2.29. The van der Waals surface area contributed by atoms with Crippen molar-refractivity contribution in [2.45, 2.75) is 5.03 Å². The molecule has 1 aromatic heterocycles. The number of thioether (sulfide) groups is 1. The summed E-state index contributed by atoms with van der Waals surface area (Å²) in [6.45, 7) is 0. The van der Waals surface area contributed by atoms with Crippen LogP contribution in [0.3, 0.4) is 0 Å². The second-order valence-corrected chi connectivity index (χ2v) is 5.17. The molecule has 0 aliphatic rings. The SMILES string of the molecule is CSc1nc2ccc(Br)cc2c(Cl)c1C#N. The standard InChI is InChI=1S/C11H6BrClN2S/c1-16-11-8(5-14)10(13)7-4-6(12)2-3-9(7)15-11/h2-4H,1H3. The van der Waals surface area contributed by atoms with E-state index in [1.807, 2.05) is 24.5 Å². The van der Waals surface area contributed by atoms with Gasteiger partial charge in [0.1, 0.15) is 16.7 Å². The maximum Gasteiger partial charge on any atom is 0.116 e. The highest BCUT2D eigenvalue weighted by molar-refractivity contribution is 9.10. The molecular formula is C11H6BrClN2S. The first-order valence-electron chi connectivity index (χ1n) is 4.40. The molecule has 0 fully saturated rings. The molecule has 80 valence electrons. The molecule has 0 amide bonds. The van der Waals surface area contributed by atoms with E-state index < -0.39 is 0 Å². The van der Waals surface area contributed by atoms with Crippen molar-refractivity contribution in [2.75, 3.05) is 6.26 Å². The zero-order valence-electron chi connectivity index (χ0n) is 8.29. The van der Waals surface area contributed by atoms with Gasteiger partial charge in [0.25, 0.3) is 0 Å². The first-order valence-corrected chi connectivity index (χ1v) is 6.79. The van der Waals surface area contributed by atoms with E-state index in [1.165, 1.54) is 11.8 Å². The summed E-state index contributed by atoms with van der Waals surface area (Å²) < 4.78 is 0.921. The van der Waals surface area contributed by atoms with Crippen LogP contribution in [0.2, 0.25) is 5.02 Å². The molecule has 0 aliphatic heterocycles. The molecule has 2 nitrogen and oxygen atoms in total. The van der Waals surface area contributed by atoms with Gasteiger partial charge in [0.15, 0.2) is 0 Å². The number of pyridine rings is 1. The molecule has 0 atom stereocenters. The maximum absolute atomic E-state index is 9.06. The lowest BCUT2D eigenvalue weighted by atomic mass is 10.2. The number of benzene rings is 1. The van der Waals surface area contributed by atoms with Gasteiger partial charge in [-0.25, -0.2) is 4.98 Å². The minimum absolute atomic E-state index is 0.444. The second kappa shape index (κ2) is 4.62. The molecule has 0 unspecified atom stereocenters. The summed E-state index contributed by atoms with van der Waals surface area (Å²) >= 11 is 11.0. The predicted octanol–water partition coefficient (Wildman–Crippen LogP) is 4.24. The Bertz CT molecular complexity index is 607. The number of nitriles is 1. The number of aromatic nitrogens is 1. The van der Waals surface area contributed by atoms with Gasteiger partial charge < -0.3 is 0 Å². The van der Waals surface area contributed by atoms with Crippen molar-refractivity contribution in [3.63, 3.8) is 0 Å². The first-order chi connectivity index (χ1) is 7.67. The van der Waals surface area contributed by atoms with Crippen LogP contribution in [0.15, 0.2) is 27.7 Å². The van der Waals surface area contributed by atoms with E-state index in [2.05, 4.69) is 27.0 Å². The van der Waals surface area contributed by atoms with Crippen LogP contribution in [0.4, 0.5) is 0 Å². The Balaban J connectivity index is 2.89. The fourth-order valence-electron chi connectivity index (χ4n) is 1.42. The molecule has 0 saturated carbocycles. The lowest BCUT2D eigenvalue weighted by Gasteiger charge is -2.06. The van der Waals surface area contributed by atoms with Crippen LogP contribution in [0, 0.1) is 11.3 Å². The Morgan fingerprint density at radius 3 is 2.88 bits per heavy atom. The van der Waals surface area contributed by atoms with Gasteiger partial charge in [-0.3, -0.25) is 0 Å². The molecule has 0 saturated heterocycles. The van der Waals surface area contributed by atoms with Crippen molar-refractivity contribution < 1.29 is 0 Å². The first kappa shape index (κ1) is 11.7. The van der Waals surface area contributed by atoms with Crippen LogP contribution in [0.25, 0.3) is 10.9 Å². The van der Waals surface area contributed by atoms with Crippen molar-refractivity contribution in [3.8, 4) is 6.07 Å². The van der Waals surface area contributed by atoms with Crippen LogP contribution in [-0.4, -0.2) is 11.2 Å². The third-order valence-electron chi connectivity index (χ3n) is 2.16. The van der Waals surface area contributed by atoms with Gasteiger partial charge >= 0.3 is 0 Å². The van der Waals surface area contributed by atoms with Crippen molar-refractivity contribution in [2.24, 2.45) is 0 Å². The minimum atomic E-state index is 0.444. The Morgan fingerprint density at radius 1 is 1.50 bits per heavy atom. The van der Waals surface area contributed by atoms with Gasteiger partial charge in [0.2, 0.25) is 0 Å². The Kier molecular flexibility index (Phi) is 3.38. The molecule has 16 heavy (non-hydrogen) atoms. The van der Waals surface area contributed by atoms with Gasteiger partial charge in [0.05, 0.1) is 10.5 Å². The number of hydrogen-bond donors (Lipinski definition) is 0. The highest BCUT2D eigenvalue weighted by atomic mass is 79.9. The Labute approximate surface area is 111 Å². The third-order valence-corrected chi connectivity index (χ3v) is 3.72. The zero-order chi connectivity index (χ0) is 11.7. The minimum Gasteiger partial charge on any atom is -0.240 e. The van der Waals surface area contributed by atoms with Crippen LogP contribution in [0.1, 0.15) is 5.56 Å². The van der Waals surface area contributed by atoms with Crippen LogP contribution in [0.5, 0.6) is 0 Å². The normalized spacial score (nSPS) is 10.4. The van der Waals surface area contributed by atoms with Gasteiger partial charge in [-0.2, -0.15) is 5.26 Å². The summed E-state index contributed by atoms with van der Waals surface area (Å²) in [7, 11) is 0. The van der Waals surface area contributed by atoms with Crippen molar-refractivity contribution in [1.29, 1.82) is 5.26 Å². The molecule has 1 aromatic carbocycles. The monoisotopic (exact) mass is 312 g/mol. The van der Waals surface area contributed by atoms with E-state index in [4.69, 9.17) is 16.9 Å². The van der Waals surface area contributed by atoms with E-state index in [1.54, 1.807) is 0 Å². The second-order valence-electron chi connectivity index (χ2n) is 3.08. The quantitative estimate of drug-likeness (QED) is 0.739. The number of nitrogens with zero attached hydrogens (tertiary/aromatic N) is 2. The number of hydrogen-bond acceptors (Lipinski definition) is 3. The number of halogens is 2. The summed E-state index contributed by atoms with van der Waals surface area (Å²) in [5.74, 6) is 0. The molecule has 0 spiro atoms. The maximum atomic E-state index is 9.06. The highest BCUT2D eigenvalue weighted by Gasteiger charge is 2.12. The van der Waals surface area contributed by atoms with E-state index in [0.717, 1.165) is 15.4 Å². The average molecular weight is 314 g/mol. The van der Waals surface area contributed by atoms with Gasteiger partial charge in [-0.05, 0) is 24.5 Å². The van der Waals surface area contributed by atoms with Gasteiger partial charge in [-0.15, -0.1) is 11.8 Å². The third kappa shape index (κ3) is 1.91. The van der Waals surface area contributed by atoms with Crippen molar-refractivity contribution >= 4 is 50.2 Å². The molecule has 0 aliphatic carbocycles. The topological polar surface area (TPSA) is 36.7 Å². The summed E-state index contributed by atoms with van der Waals surface area (Å²) in [5, 5.41) is 11.0. The molecule has 5 heteroatoms. The molecule has 0 N–H and O–H groups in total. The zero-order valence-corrected chi connectivity index (χ0v) is 11.4. The van der Waals surface area contributed by atoms with Crippen molar-refractivity contribution in [3.05, 3.63) is 33.3 Å². The highest BCUT2D eigenvalue weighted by Crippen LogP contribution is 2.32.